The molecule has 1 aromatic heterocycles. The van der Waals surface area contributed by atoms with E-state index in [9.17, 15) is 4.79 Å². The third-order valence-electron chi connectivity index (χ3n) is 3.95. The second-order valence-corrected chi connectivity index (χ2v) is 5.67. The Balaban J connectivity index is 1.74. The van der Waals surface area contributed by atoms with Crippen LogP contribution in [0.25, 0.3) is 11.3 Å². The van der Waals surface area contributed by atoms with Crippen LogP contribution in [0.2, 0.25) is 0 Å². The first-order valence-electron chi connectivity index (χ1n) is 8.01. The molecule has 6 nitrogen and oxygen atoms in total. The number of anilines is 2. The Labute approximate surface area is 146 Å². The third-order valence-corrected chi connectivity index (χ3v) is 3.95. The fourth-order valence-electron chi connectivity index (χ4n) is 2.56. The highest BCUT2D eigenvalue weighted by molar-refractivity contribution is 6.08. The summed E-state index contributed by atoms with van der Waals surface area (Å²) in [7, 11) is 1.90. The molecule has 0 saturated carbocycles. The normalized spacial score (nSPS) is 10.5. The number of aliphatic hydroxyl groups is 1. The molecule has 0 spiro atoms. The monoisotopic (exact) mass is 336 g/mol. The van der Waals surface area contributed by atoms with E-state index in [-0.39, 0.29) is 12.5 Å². The van der Waals surface area contributed by atoms with Gasteiger partial charge in [0.05, 0.1) is 24.1 Å². The Morgan fingerprint density at radius 2 is 1.88 bits per heavy atom. The van der Waals surface area contributed by atoms with Crippen molar-refractivity contribution in [1.82, 2.24) is 10.2 Å². The van der Waals surface area contributed by atoms with E-state index in [1.54, 1.807) is 0 Å². The summed E-state index contributed by atoms with van der Waals surface area (Å²) in [5, 5.41) is 18.8. The number of hydrogen-bond donors (Lipinski definition) is 3. The number of likely N-dealkylation sites (N-methyl/N-ethyl adjacent to an activating group) is 1. The molecule has 2 aromatic carbocycles. The summed E-state index contributed by atoms with van der Waals surface area (Å²) in [4.78, 5) is 14.5. The van der Waals surface area contributed by atoms with Crippen LogP contribution in [0.5, 0.6) is 0 Å². The van der Waals surface area contributed by atoms with Gasteiger partial charge in [0, 0.05) is 30.5 Å². The van der Waals surface area contributed by atoms with Gasteiger partial charge in [0.25, 0.3) is 5.91 Å². The number of benzene rings is 2. The summed E-state index contributed by atoms with van der Waals surface area (Å²) in [6.07, 6.45) is 1.53. The van der Waals surface area contributed by atoms with Crippen LogP contribution in [0.1, 0.15) is 10.4 Å². The average Bonchev–Trinajstić information content (AvgIpc) is 3.13. The summed E-state index contributed by atoms with van der Waals surface area (Å²) < 4.78 is 0. The van der Waals surface area contributed by atoms with Crippen LogP contribution >= 0.6 is 0 Å². The van der Waals surface area contributed by atoms with E-state index >= 15 is 0 Å². The van der Waals surface area contributed by atoms with Crippen molar-refractivity contribution in [2.75, 3.05) is 30.4 Å². The maximum absolute atomic E-state index is 12.6. The molecule has 128 valence electrons. The van der Waals surface area contributed by atoms with E-state index < -0.39 is 0 Å². The fourth-order valence-corrected chi connectivity index (χ4v) is 2.56. The SMILES string of the molecule is CN(CCO)c1ccc(NC(=O)c2cn[nH]c2-c2ccccc2)cc1. The molecule has 0 saturated heterocycles. The van der Waals surface area contributed by atoms with Gasteiger partial charge in [-0.2, -0.15) is 5.10 Å². The van der Waals surface area contributed by atoms with Gasteiger partial charge in [-0.1, -0.05) is 30.3 Å². The molecule has 6 heteroatoms. The Bertz CT molecular complexity index is 828. The number of aromatic amines is 1. The zero-order chi connectivity index (χ0) is 17.6. The molecule has 3 aromatic rings. The van der Waals surface area contributed by atoms with Crippen molar-refractivity contribution in [3.8, 4) is 11.3 Å². The second kappa shape index (κ2) is 7.63. The lowest BCUT2D eigenvalue weighted by atomic mass is 10.1. The number of nitrogens with one attached hydrogen (secondary N) is 2. The minimum absolute atomic E-state index is 0.0950. The molecule has 0 aliphatic rings. The molecule has 0 aliphatic carbocycles. The number of hydrogen-bond acceptors (Lipinski definition) is 4. The van der Waals surface area contributed by atoms with Crippen LogP contribution < -0.4 is 10.2 Å². The minimum Gasteiger partial charge on any atom is -0.395 e. The van der Waals surface area contributed by atoms with Gasteiger partial charge < -0.3 is 15.3 Å². The molecule has 1 amide bonds. The van der Waals surface area contributed by atoms with Crippen molar-refractivity contribution in [1.29, 1.82) is 0 Å². The van der Waals surface area contributed by atoms with Gasteiger partial charge in [0.15, 0.2) is 0 Å². The van der Waals surface area contributed by atoms with E-state index in [0.29, 0.717) is 23.5 Å². The van der Waals surface area contributed by atoms with E-state index in [2.05, 4.69) is 15.5 Å². The molecular formula is C19H20N4O2. The van der Waals surface area contributed by atoms with E-state index in [1.165, 1.54) is 6.20 Å². The minimum atomic E-state index is -0.218. The summed E-state index contributed by atoms with van der Waals surface area (Å²) in [5.74, 6) is -0.218. The Kier molecular flexibility index (Phi) is 5.11. The van der Waals surface area contributed by atoms with Crippen LogP contribution in [0, 0.1) is 0 Å². The largest absolute Gasteiger partial charge is 0.395 e. The molecule has 1 heterocycles. The van der Waals surface area contributed by atoms with Crippen molar-refractivity contribution in [2.24, 2.45) is 0 Å². The molecule has 25 heavy (non-hydrogen) atoms. The molecular weight excluding hydrogens is 316 g/mol. The first-order chi connectivity index (χ1) is 12.2. The number of carbonyl (C=O) groups is 1. The predicted octanol–water partition coefficient (Wildman–Crippen LogP) is 2.76. The van der Waals surface area contributed by atoms with Crippen LogP contribution in [0.3, 0.4) is 0 Å². The van der Waals surface area contributed by atoms with E-state index in [1.807, 2.05) is 66.5 Å². The van der Waals surface area contributed by atoms with Crippen LogP contribution in [-0.4, -0.2) is 41.4 Å². The maximum atomic E-state index is 12.6. The van der Waals surface area contributed by atoms with Gasteiger partial charge in [-0.15, -0.1) is 0 Å². The van der Waals surface area contributed by atoms with Gasteiger partial charge in [0.1, 0.15) is 0 Å². The smallest absolute Gasteiger partial charge is 0.259 e. The van der Waals surface area contributed by atoms with Crippen LogP contribution in [-0.2, 0) is 0 Å². The Morgan fingerprint density at radius 3 is 2.56 bits per heavy atom. The Hall–Kier alpha value is -3.12. The molecule has 0 radical (unpaired) electrons. The van der Waals surface area contributed by atoms with Crippen molar-refractivity contribution in [3.63, 3.8) is 0 Å². The highest BCUT2D eigenvalue weighted by atomic mass is 16.3. The van der Waals surface area contributed by atoms with E-state index in [0.717, 1.165) is 11.3 Å². The molecule has 0 unspecified atom stereocenters. The topological polar surface area (TPSA) is 81.2 Å². The van der Waals surface area contributed by atoms with Gasteiger partial charge in [-0.25, -0.2) is 0 Å². The van der Waals surface area contributed by atoms with Gasteiger partial charge in [-0.05, 0) is 24.3 Å². The standard InChI is InChI=1S/C19H20N4O2/c1-23(11-12-24)16-9-7-15(8-10-16)21-19(25)17-13-20-22-18(17)14-5-3-2-4-6-14/h2-10,13,24H,11-12H2,1H3,(H,20,22)(H,21,25). The average molecular weight is 336 g/mol. The number of aliphatic hydroxyl groups excluding tert-OH is 1. The summed E-state index contributed by atoms with van der Waals surface area (Å²) in [6, 6.07) is 17.1. The summed E-state index contributed by atoms with van der Waals surface area (Å²) >= 11 is 0. The number of aromatic nitrogens is 2. The Morgan fingerprint density at radius 1 is 1.16 bits per heavy atom. The molecule has 3 N–H and O–H groups in total. The van der Waals surface area contributed by atoms with Crippen molar-refractivity contribution in [3.05, 3.63) is 66.4 Å². The van der Waals surface area contributed by atoms with Crippen molar-refractivity contribution >= 4 is 17.3 Å². The third kappa shape index (κ3) is 3.87. The number of nitrogens with zero attached hydrogens (tertiary/aromatic N) is 2. The molecule has 0 atom stereocenters. The second-order valence-electron chi connectivity index (χ2n) is 5.67. The van der Waals surface area contributed by atoms with E-state index in [4.69, 9.17) is 5.11 Å². The summed E-state index contributed by atoms with van der Waals surface area (Å²) in [6.45, 7) is 0.652. The lowest BCUT2D eigenvalue weighted by molar-refractivity contribution is 0.102. The van der Waals surface area contributed by atoms with Crippen LogP contribution in [0.15, 0.2) is 60.8 Å². The lowest BCUT2D eigenvalue weighted by Gasteiger charge is -2.18. The maximum Gasteiger partial charge on any atom is 0.259 e. The number of H-pyrrole nitrogens is 1. The van der Waals surface area contributed by atoms with Crippen LogP contribution in [0.4, 0.5) is 11.4 Å². The highest BCUT2D eigenvalue weighted by Gasteiger charge is 2.15. The zero-order valence-electron chi connectivity index (χ0n) is 13.9. The van der Waals surface area contributed by atoms with Crippen molar-refractivity contribution < 1.29 is 9.90 Å². The van der Waals surface area contributed by atoms with Gasteiger partial charge in [-0.3, -0.25) is 9.89 Å². The van der Waals surface area contributed by atoms with Gasteiger partial charge in [0.2, 0.25) is 0 Å². The molecule has 0 fully saturated rings. The quantitative estimate of drug-likeness (QED) is 0.646. The number of carbonyl (C=O) groups excluding carboxylic acids is 1. The first-order valence-corrected chi connectivity index (χ1v) is 8.01. The first kappa shape index (κ1) is 16.7. The van der Waals surface area contributed by atoms with Crippen molar-refractivity contribution in [2.45, 2.75) is 0 Å². The number of rotatable bonds is 6. The lowest BCUT2D eigenvalue weighted by Crippen LogP contribution is -2.21. The zero-order valence-corrected chi connectivity index (χ0v) is 13.9. The molecule has 3 rings (SSSR count). The number of amides is 1. The highest BCUT2D eigenvalue weighted by Crippen LogP contribution is 2.22. The summed E-state index contributed by atoms with van der Waals surface area (Å²) in [5.41, 5.74) is 3.77. The fraction of sp³-hybridized carbons (Fsp3) is 0.158. The molecule has 0 bridgehead atoms. The predicted molar refractivity (Wildman–Crippen MR) is 98.8 cm³/mol. The molecule has 0 aliphatic heterocycles. The van der Waals surface area contributed by atoms with Gasteiger partial charge >= 0.3 is 0 Å².